The molecule has 2 amide bonds. The quantitative estimate of drug-likeness (QED) is 0.314. The van der Waals surface area contributed by atoms with Gasteiger partial charge in [-0.05, 0) is 36.6 Å². The van der Waals surface area contributed by atoms with E-state index < -0.39 is 11.5 Å². The predicted molar refractivity (Wildman–Crippen MR) is 173 cm³/mol. The molecule has 46 heavy (non-hydrogen) atoms. The van der Waals surface area contributed by atoms with Crippen LogP contribution in [0.2, 0.25) is 10.0 Å². The highest BCUT2D eigenvalue weighted by atomic mass is 35.5. The Morgan fingerprint density at radius 1 is 1.09 bits per heavy atom. The van der Waals surface area contributed by atoms with Gasteiger partial charge in [-0.25, -0.2) is 9.67 Å². The number of rotatable bonds is 6. The molecule has 4 aromatic rings. The third-order valence-corrected chi connectivity index (χ3v) is 9.67. The van der Waals surface area contributed by atoms with Crippen LogP contribution in [0.3, 0.4) is 0 Å². The van der Waals surface area contributed by atoms with E-state index in [1.165, 1.54) is 19.3 Å². The lowest BCUT2D eigenvalue weighted by Crippen LogP contribution is -2.74. The lowest BCUT2D eigenvalue weighted by atomic mass is 9.87. The summed E-state index contributed by atoms with van der Waals surface area (Å²) in [5.74, 6) is -0.123. The Labute approximate surface area is 274 Å². The van der Waals surface area contributed by atoms with Gasteiger partial charge < -0.3 is 20.1 Å². The van der Waals surface area contributed by atoms with Gasteiger partial charge in [0.05, 0.1) is 40.7 Å². The topological polar surface area (TPSA) is 128 Å². The van der Waals surface area contributed by atoms with E-state index in [1.807, 2.05) is 24.3 Å². The second kappa shape index (κ2) is 11.8. The van der Waals surface area contributed by atoms with Crippen LogP contribution in [0.5, 0.6) is 5.88 Å². The molecule has 0 unspecified atom stereocenters. The summed E-state index contributed by atoms with van der Waals surface area (Å²) < 4.78 is 12.4. The lowest BCUT2D eigenvalue weighted by molar-refractivity contribution is -0.145. The molecule has 1 aliphatic carbocycles. The fourth-order valence-corrected chi connectivity index (χ4v) is 7.31. The number of carbonyl (C=O) groups is 2. The van der Waals surface area contributed by atoms with Crippen LogP contribution in [0.4, 0.5) is 5.69 Å². The molecule has 3 aliphatic rings. The van der Waals surface area contributed by atoms with Crippen LogP contribution in [-0.4, -0.2) is 70.4 Å². The van der Waals surface area contributed by atoms with E-state index in [4.69, 9.17) is 37.7 Å². The first-order valence-electron chi connectivity index (χ1n) is 14.8. The maximum Gasteiger partial charge on any atom is 0.279 e. The molecule has 1 spiro atoms. The van der Waals surface area contributed by atoms with Gasteiger partial charge in [-0.3, -0.25) is 19.3 Å². The van der Waals surface area contributed by atoms with Crippen LogP contribution in [0.1, 0.15) is 33.9 Å². The van der Waals surface area contributed by atoms with E-state index in [2.05, 4.69) is 26.7 Å². The van der Waals surface area contributed by atoms with Gasteiger partial charge in [-0.1, -0.05) is 53.5 Å². The van der Waals surface area contributed by atoms with E-state index >= 15 is 0 Å². The van der Waals surface area contributed by atoms with Crippen molar-refractivity contribution in [2.24, 2.45) is 7.05 Å². The highest BCUT2D eigenvalue weighted by Crippen LogP contribution is 2.47. The summed E-state index contributed by atoms with van der Waals surface area (Å²) in [5, 5.41) is 10.4. The number of hydrogen-bond donors (Lipinski definition) is 2. The summed E-state index contributed by atoms with van der Waals surface area (Å²) in [6, 6.07) is 14.4. The molecule has 2 aromatic carbocycles. The maximum atomic E-state index is 12.9. The average Bonchev–Trinajstić information content (AvgIpc) is 3.46. The molecule has 2 aromatic heterocycles. The number of halogens is 2. The summed E-state index contributed by atoms with van der Waals surface area (Å²) in [6.45, 7) is 2.05. The Kier molecular flexibility index (Phi) is 7.80. The molecule has 13 heteroatoms. The fourth-order valence-electron chi connectivity index (χ4n) is 6.71. The molecule has 2 N–H and O–H groups in total. The number of carbonyl (C=O) groups excluding carboxylic acids is 2. The van der Waals surface area contributed by atoms with E-state index in [0.717, 1.165) is 28.7 Å². The zero-order valence-corrected chi connectivity index (χ0v) is 26.6. The summed E-state index contributed by atoms with van der Waals surface area (Å²) in [7, 11) is 3.09. The predicted octanol–water partition coefficient (Wildman–Crippen LogP) is 4.27. The second-order valence-electron chi connectivity index (χ2n) is 11.8. The highest BCUT2D eigenvalue weighted by molar-refractivity contribution is 6.39. The van der Waals surface area contributed by atoms with Crippen LogP contribution in [0, 0.1) is 0 Å². The van der Waals surface area contributed by atoms with Gasteiger partial charge in [0, 0.05) is 54.6 Å². The number of aryl methyl sites for hydroxylation is 2. The Hall–Kier alpha value is -4.29. The third-order valence-electron chi connectivity index (χ3n) is 8.85. The van der Waals surface area contributed by atoms with Crippen molar-refractivity contribution in [1.82, 2.24) is 25.0 Å². The van der Waals surface area contributed by atoms with E-state index in [1.54, 1.807) is 19.2 Å². The number of benzene rings is 2. The maximum absolute atomic E-state index is 12.9. The van der Waals surface area contributed by atoms with Gasteiger partial charge in [-0.2, -0.15) is 5.10 Å². The van der Waals surface area contributed by atoms with Crippen molar-refractivity contribution in [3.8, 4) is 28.3 Å². The number of methoxy groups -OCH3 is 1. The number of morpholine rings is 1. The number of aromatic nitrogens is 3. The molecular weight excluding hydrogens is 631 g/mol. The van der Waals surface area contributed by atoms with Crippen LogP contribution in [0.25, 0.3) is 22.4 Å². The largest absolute Gasteiger partial charge is 0.481 e. The van der Waals surface area contributed by atoms with Gasteiger partial charge >= 0.3 is 0 Å². The average molecular weight is 662 g/mol. The molecule has 0 bridgehead atoms. The smallest absolute Gasteiger partial charge is 0.279 e. The van der Waals surface area contributed by atoms with Crippen LogP contribution < -0.4 is 20.9 Å². The standard InChI is InChI=1S/C33H30Cl2N6O5/c1-40-32(44)22(11-12-36-40)30(43)37-23-8-4-6-20(29(23)35)19-5-3-7-21(28(19)34)24-13-18-9-10-25(27(18)31(38-24)45-2)41-15-33(16-41)17-46-14-26(42)39-33/h3-8,11-13,25H,9-10,14-17H2,1-2H3,(H,37,43)(H,39,42)/t25-/m0/s1. The number of fused-ring (bicyclic) bond motifs is 1. The first-order chi connectivity index (χ1) is 22.2. The molecule has 0 saturated carbocycles. The molecule has 4 heterocycles. The summed E-state index contributed by atoms with van der Waals surface area (Å²) in [6.07, 6.45) is 3.15. The van der Waals surface area contributed by atoms with E-state index in [9.17, 15) is 14.4 Å². The van der Waals surface area contributed by atoms with E-state index in [-0.39, 0.29) is 34.7 Å². The molecule has 0 radical (unpaired) electrons. The van der Waals surface area contributed by atoms with Gasteiger partial charge in [0.1, 0.15) is 12.2 Å². The first kappa shape index (κ1) is 30.4. The number of anilines is 1. The molecule has 236 valence electrons. The second-order valence-corrected chi connectivity index (χ2v) is 12.6. The van der Waals surface area contributed by atoms with Crippen LogP contribution >= 0.6 is 23.2 Å². The molecular formula is C33H30Cl2N6O5. The van der Waals surface area contributed by atoms with Crippen molar-refractivity contribution in [3.63, 3.8) is 0 Å². The monoisotopic (exact) mass is 660 g/mol. The van der Waals surface area contributed by atoms with Crippen molar-refractivity contribution in [2.45, 2.75) is 24.4 Å². The zero-order valence-electron chi connectivity index (χ0n) is 25.1. The summed E-state index contributed by atoms with van der Waals surface area (Å²) in [5.41, 5.74) is 4.27. The van der Waals surface area contributed by atoms with Gasteiger partial charge in [0.2, 0.25) is 11.8 Å². The van der Waals surface area contributed by atoms with Crippen molar-refractivity contribution >= 4 is 40.7 Å². The van der Waals surface area contributed by atoms with Gasteiger partial charge in [0.15, 0.2) is 0 Å². The van der Waals surface area contributed by atoms with Gasteiger partial charge in [-0.15, -0.1) is 0 Å². The Bertz CT molecular complexity index is 1960. The van der Waals surface area contributed by atoms with E-state index in [0.29, 0.717) is 58.7 Å². The number of nitrogens with zero attached hydrogens (tertiary/aromatic N) is 4. The highest BCUT2D eigenvalue weighted by Gasteiger charge is 2.50. The molecule has 2 saturated heterocycles. The van der Waals surface area contributed by atoms with Crippen molar-refractivity contribution in [1.29, 1.82) is 0 Å². The molecule has 2 aliphatic heterocycles. The third kappa shape index (κ3) is 5.23. The molecule has 1 atom stereocenters. The van der Waals surface area contributed by atoms with Crippen molar-refractivity contribution < 1.29 is 19.1 Å². The molecule has 11 nitrogen and oxygen atoms in total. The Balaban J connectivity index is 1.17. The Morgan fingerprint density at radius 2 is 1.83 bits per heavy atom. The summed E-state index contributed by atoms with van der Waals surface area (Å²) in [4.78, 5) is 44.5. The lowest BCUT2D eigenvalue weighted by Gasteiger charge is -2.54. The van der Waals surface area contributed by atoms with Crippen molar-refractivity contribution in [3.05, 3.63) is 91.8 Å². The minimum Gasteiger partial charge on any atom is -0.481 e. The SMILES string of the molecule is COc1nc(-c2cccc(-c3cccc(NC(=O)c4ccnn(C)c4=O)c3Cl)c2Cl)cc2c1[C@@H](N1CC3(COCC(=O)N3)C1)CC2. The zero-order chi connectivity index (χ0) is 32.2. The van der Waals surface area contributed by atoms with Crippen LogP contribution in [-0.2, 0) is 23.0 Å². The normalized spacial score (nSPS) is 18.5. The molecule has 2 fully saturated rings. The Morgan fingerprint density at radius 3 is 2.59 bits per heavy atom. The minimum absolute atomic E-state index is 0.0544. The number of amides is 2. The molecule has 7 rings (SSSR count). The first-order valence-corrected chi connectivity index (χ1v) is 15.6. The number of nitrogens with one attached hydrogen (secondary N) is 2. The fraction of sp³-hybridized carbons (Fsp3) is 0.303. The number of likely N-dealkylation sites (tertiary alicyclic amines) is 1. The van der Waals surface area contributed by atoms with Crippen molar-refractivity contribution in [2.75, 3.05) is 38.7 Å². The van der Waals surface area contributed by atoms with Gasteiger partial charge in [0.25, 0.3) is 11.5 Å². The summed E-state index contributed by atoms with van der Waals surface area (Å²) >= 11 is 13.9. The number of pyridine rings is 1. The number of ether oxygens (including phenoxy) is 2. The number of hydrogen-bond acceptors (Lipinski definition) is 8. The minimum atomic E-state index is -0.597. The van der Waals surface area contributed by atoms with Crippen LogP contribution in [0.15, 0.2) is 59.5 Å².